The Morgan fingerprint density at radius 3 is 3.22 bits per heavy atom. The zero-order valence-electron chi connectivity index (χ0n) is 4.96. The van der Waals surface area contributed by atoms with Crippen LogP contribution in [0.15, 0.2) is 6.33 Å². The van der Waals surface area contributed by atoms with Gasteiger partial charge in [0.15, 0.2) is 0 Å². The van der Waals surface area contributed by atoms with Gasteiger partial charge in [-0.25, -0.2) is 10.1 Å². The second-order valence-electron chi connectivity index (χ2n) is 1.55. The standard InChI is InChI=1S/C4H9N5/c5-1-2-6-4-7-3-8-9-4/h3H,1-2,5H2,(H2,6,7,8,9). The Labute approximate surface area is 52.7 Å². The van der Waals surface area contributed by atoms with Crippen LogP contribution in [-0.2, 0) is 0 Å². The zero-order chi connectivity index (χ0) is 6.53. The quantitative estimate of drug-likeness (QED) is 0.495. The number of nitrogens with zero attached hydrogens (tertiary/aromatic N) is 2. The molecule has 0 atom stereocenters. The van der Waals surface area contributed by atoms with Crippen LogP contribution < -0.4 is 11.1 Å². The summed E-state index contributed by atoms with van der Waals surface area (Å²) >= 11 is 0. The van der Waals surface area contributed by atoms with E-state index in [2.05, 4.69) is 20.5 Å². The van der Waals surface area contributed by atoms with Crippen LogP contribution in [0.25, 0.3) is 0 Å². The maximum absolute atomic E-state index is 5.22. The lowest BCUT2D eigenvalue weighted by atomic mass is 10.6. The normalized spacial score (nSPS) is 9.44. The lowest BCUT2D eigenvalue weighted by Crippen LogP contribution is -2.13. The second kappa shape index (κ2) is 3.03. The van der Waals surface area contributed by atoms with Crippen molar-refractivity contribution in [3.63, 3.8) is 0 Å². The molecule has 5 nitrogen and oxygen atoms in total. The molecule has 0 fully saturated rings. The van der Waals surface area contributed by atoms with Crippen molar-refractivity contribution in [3.05, 3.63) is 6.33 Å². The van der Waals surface area contributed by atoms with Crippen molar-refractivity contribution in [3.8, 4) is 0 Å². The number of H-pyrrole nitrogens is 1. The topological polar surface area (TPSA) is 79.6 Å². The molecule has 1 heterocycles. The minimum Gasteiger partial charge on any atom is -0.353 e. The first kappa shape index (κ1) is 6.03. The first-order valence-corrected chi connectivity index (χ1v) is 2.73. The molecule has 0 aromatic carbocycles. The molecule has 0 saturated carbocycles. The smallest absolute Gasteiger partial charge is 0.218 e. The predicted octanol–water partition coefficient (Wildman–Crippen LogP) is -0.825. The molecular weight excluding hydrogens is 118 g/mol. The molecule has 4 N–H and O–H groups in total. The molecule has 50 valence electrons. The summed E-state index contributed by atoms with van der Waals surface area (Å²) in [6, 6.07) is 0. The van der Waals surface area contributed by atoms with Crippen LogP contribution in [0.2, 0.25) is 0 Å². The van der Waals surface area contributed by atoms with Crippen molar-refractivity contribution in [1.82, 2.24) is 15.2 Å². The van der Waals surface area contributed by atoms with E-state index in [1.165, 1.54) is 6.33 Å². The van der Waals surface area contributed by atoms with E-state index in [0.717, 1.165) is 6.54 Å². The fourth-order valence-corrected chi connectivity index (χ4v) is 0.481. The summed E-state index contributed by atoms with van der Waals surface area (Å²) in [5, 5.41) is 9.20. The fourth-order valence-electron chi connectivity index (χ4n) is 0.481. The molecule has 5 heteroatoms. The molecule has 1 rings (SSSR count). The number of hydrogen-bond donors (Lipinski definition) is 3. The van der Waals surface area contributed by atoms with Crippen molar-refractivity contribution in [1.29, 1.82) is 0 Å². The number of anilines is 1. The molecule has 0 amide bonds. The predicted molar refractivity (Wildman–Crippen MR) is 33.9 cm³/mol. The van der Waals surface area contributed by atoms with Crippen LogP contribution in [-0.4, -0.2) is 28.3 Å². The second-order valence-corrected chi connectivity index (χ2v) is 1.55. The molecule has 1 aromatic heterocycles. The van der Waals surface area contributed by atoms with Crippen LogP contribution in [0.1, 0.15) is 0 Å². The molecule has 0 aliphatic carbocycles. The van der Waals surface area contributed by atoms with Gasteiger partial charge >= 0.3 is 0 Å². The van der Waals surface area contributed by atoms with E-state index in [-0.39, 0.29) is 0 Å². The molecule has 0 saturated heterocycles. The van der Waals surface area contributed by atoms with Crippen LogP contribution in [0.5, 0.6) is 0 Å². The monoisotopic (exact) mass is 127 g/mol. The van der Waals surface area contributed by atoms with Crippen LogP contribution in [0, 0.1) is 0 Å². The molecule has 0 aliphatic rings. The number of aromatic nitrogens is 3. The van der Waals surface area contributed by atoms with Crippen molar-refractivity contribution < 1.29 is 0 Å². The molecule has 9 heavy (non-hydrogen) atoms. The van der Waals surface area contributed by atoms with E-state index in [0.29, 0.717) is 12.5 Å². The van der Waals surface area contributed by atoms with E-state index in [1.807, 2.05) is 0 Å². The third kappa shape index (κ3) is 1.69. The number of hydrogen-bond acceptors (Lipinski definition) is 4. The summed E-state index contributed by atoms with van der Waals surface area (Å²) in [6.45, 7) is 1.32. The van der Waals surface area contributed by atoms with Gasteiger partial charge < -0.3 is 11.1 Å². The van der Waals surface area contributed by atoms with E-state index in [1.54, 1.807) is 0 Å². The maximum atomic E-state index is 5.22. The SMILES string of the molecule is NCCNc1ncn[nH]1. The van der Waals surface area contributed by atoms with E-state index < -0.39 is 0 Å². The lowest BCUT2D eigenvalue weighted by Gasteiger charge is -1.95. The first-order chi connectivity index (χ1) is 4.43. The average Bonchev–Trinajstić information content (AvgIpc) is 2.34. The molecule has 0 spiro atoms. The largest absolute Gasteiger partial charge is 0.353 e. The fraction of sp³-hybridized carbons (Fsp3) is 0.500. The minimum absolute atomic E-state index is 0.598. The molecule has 0 unspecified atom stereocenters. The van der Waals surface area contributed by atoms with Crippen LogP contribution in [0.4, 0.5) is 5.95 Å². The summed E-state index contributed by atoms with van der Waals surface area (Å²) < 4.78 is 0. The van der Waals surface area contributed by atoms with E-state index in [4.69, 9.17) is 5.73 Å². The Kier molecular flexibility index (Phi) is 2.03. The van der Waals surface area contributed by atoms with Gasteiger partial charge in [-0.3, -0.25) is 0 Å². The van der Waals surface area contributed by atoms with Crippen LogP contribution >= 0.6 is 0 Å². The third-order valence-corrected chi connectivity index (χ3v) is 0.852. The molecular formula is C4H9N5. The molecule has 0 radical (unpaired) electrons. The van der Waals surface area contributed by atoms with E-state index >= 15 is 0 Å². The van der Waals surface area contributed by atoms with Crippen molar-refractivity contribution in [2.45, 2.75) is 0 Å². The van der Waals surface area contributed by atoms with Gasteiger partial charge in [0.05, 0.1) is 0 Å². The molecule has 0 aliphatic heterocycles. The summed E-state index contributed by atoms with van der Waals surface area (Å²) in [7, 11) is 0. The average molecular weight is 127 g/mol. The lowest BCUT2D eigenvalue weighted by molar-refractivity contribution is 0.990. The zero-order valence-corrected chi connectivity index (χ0v) is 4.96. The maximum Gasteiger partial charge on any atom is 0.218 e. The van der Waals surface area contributed by atoms with Gasteiger partial charge in [0.1, 0.15) is 6.33 Å². The Bertz CT molecular complexity index is 146. The summed E-state index contributed by atoms with van der Waals surface area (Å²) in [5.74, 6) is 0.667. The summed E-state index contributed by atoms with van der Waals surface area (Å²) in [4.78, 5) is 3.82. The van der Waals surface area contributed by atoms with Crippen LogP contribution in [0.3, 0.4) is 0 Å². The summed E-state index contributed by atoms with van der Waals surface area (Å²) in [5.41, 5.74) is 5.22. The highest BCUT2D eigenvalue weighted by molar-refractivity contribution is 5.19. The number of aromatic amines is 1. The summed E-state index contributed by atoms with van der Waals surface area (Å²) in [6.07, 6.45) is 1.44. The van der Waals surface area contributed by atoms with Gasteiger partial charge in [0.2, 0.25) is 5.95 Å². The van der Waals surface area contributed by atoms with Gasteiger partial charge in [0.25, 0.3) is 0 Å². The Hall–Kier alpha value is -1.10. The Morgan fingerprint density at radius 1 is 1.78 bits per heavy atom. The van der Waals surface area contributed by atoms with Gasteiger partial charge in [-0.15, -0.1) is 0 Å². The van der Waals surface area contributed by atoms with Gasteiger partial charge in [0, 0.05) is 13.1 Å². The first-order valence-electron chi connectivity index (χ1n) is 2.73. The third-order valence-electron chi connectivity index (χ3n) is 0.852. The highest BCUT2D eigenvalue weighted by Gasteiger charge is 1.88. The van der Waals surface area contributed by atoms with Crippen molar-refractivity contribution >= 4 is 5.95 Å². The van der Waals surface area contributed by atoms with Crippen molar-refractivity contribution in [2.24, 2.45) is 5.73 Å². The van der Waals surface area contributed by atoms with Gasteiger partial charge in [-0.2, -0.15) is 5.10 Å². The highest BCUT2D eigenvalue weighted by atomic mass is 15.3. The molecule has 1 aromatic rings. The Balaban J connectivity index is 2.30. The van der Waals surface area contributed by atoms with Crippen molar-refractivity contribution in [2.75, 3.05) is 18.4 Å². The Morgan fingerprint density at radius 2 is 2.67 bits per heavy atom. The number of rotatable bonds is 3. The number of nitrogens with one attached hydrogen (secondary N) is 2. The molecule has 0 bridgehead atoms. The highest BCUT2D eigenvalue weighted by Crippen LogP contribution is 1.88. The number of nitrogens with two attached hydrogens (primary N) is 1. The van der Waals surface area contributed by atoms with Gasteiger partial charge in [-0.1, -0.05) is 0 Å². The van der Waals surface area contributed by atoms with E-state index in [9.17, 15) is 0 Å². The minimum atomic E-state index is 0.598. The van der Waals surface area contributed by atoms with Gasteiger partial charge in [-0.05, 0) is 0 Å².